The minimum Gasteiger partial charge on any atom is -0.497 e. The molecule has 0 aromatic heterocycles. The second-order valence-electron chi connectivity index (χ2n) is 9.77. The van der Waals surface area contributed by atoms with Crippen LogP contribution in [-0.2, 0) is 32.6 Å². The summed E-state index contributed by atoms with van der Waals surface area (Å²) in [5.41, 5.74) is 1.88. The second-order valence-corrected chi connectivity index (χ2v) is 12.1. The van der Waals surface area contributed by atoms with E-state index < -0.39 is 28.5 Å². The zero-order valence-electron chi connectivity index (χ0n) is 24.0. The first-order chi connectivity index (χ1) is 20.7. The number of carbonyl (C=O) groups is 2. The summed E-state index contributed by atoms with van der Waals surface area (Å²) in [6.07, 6.45) is 0.244. The SMILES string of the molecule is CCNC(=O)[C@@H](Cc1ccccc1)N(Cc1ccccc1)C(=O)CN(c1cccc(Cl)c1)S(=O)(=O)c1ccc(OC)cc1. The molecule has 0 heterocycles. The van der Waals surface area contributed by atoms with Gasteiger partial charge in [0.05, 0.1) is 17.7 Å². The smallest absolute Gasteiger partial charge is 0.264 e. The number of benzene rings is 4. The molecule has 0 fully saturated rings. The summed E-state index contributed by atoms with van der Waals surface area (Å²) in [5.74, 6) is -0.389. The Morgan fingerprint density at radius 3 is 2.07 bits per heavy atom. The number of hydrogen-bond acceptors (Lipinski definition) is 5. The van der Waals surface area contributed by atoms with E-state index in [1.807, 2.05) is 67.6 Å². The minimum absolute atomic E-state index is 0.0275. The number of amides is 2. The number of carbonyl (C=O) groups excluding carboxylic acids is 2. The fourth-order valence-electron chi connectivity index (χ4n) is 4.66. The van der Waals surface area contributed by atoms with Crippen LogP contribution in [0.2, 0.25) is 5.02 Å². The summed E-state index contributed by atoms with van der Waals surface area (Å²) in [6, 6.07) is 30.0. The maximum Gasteiger partial charge on any atom is 0.264 e. The van der Waals surface area contributed by atoms with Gasteiger partial charge in [-0.1, -0.05) is 78.3 Å². The first-order valence-corrected chi connectivity index (χ1v) is 15.6. The van der Waals surface area contributed by atoms with Crippen LogP contribution in [0.15, 0.2) is 114 Å². The number of hydrogen-bond donors (Lipinski definition) is 1. The van der Waals surface area contributed by atoms with Gasteiger partial charge in [0, 0.05) is 24.5 Å². The highest BCUT2D eigenvalue weighted by Crippen LogP contribution is 2.28. The van der Waals surface area contributed by atoms with Crippen LogP contribution < -0.4 is 14.4 Å². The average molecular weight is 620 g/mol. The number of nitrogens with zero attached hydrogens (tertiary/aromatic N) is 2. The van der Waals surface area contributed by atoms with Gasteiger partial charge in [0.25, 0.3) is 10.0 Å². The fraction of sp³-hybridized carbons (Fsp3) is 0.212. The molecule has 0 aliphatic carbocycles. The molecule has 0 radical (unpaired) electrons. The average Bonchev–Trinajstić information content (AvgIpc) is 3.02. The van der Waals surface area contributed by atoms with Gasteiger partial charge in [-0.25, -0.2) is 8.42 Å². The molecule has 224 valence electrons. The van der Waals surface area contributed by atoms with E-state index >= 15 is 0 Å². The Labute approximate surface area is 257 Å². The molecule has 0 saturated heterocycles. The summed E-state index contributed by atoms with van der Waals surface area (Å²) in [6.45, 7) is 1.72. The Balaban J connectivity index is 1.78. The lowest BCUT2D eigenvalue weighted by atomic mass is 10.0. The highest BCUT2D eigenvalue weighted by Gasteiger charge is 2.34. The van der Waals surface area contributed by atoms with Crippen molar-refractivity contribution >= 4 is 39.1 Å². The van der Waals surface area contributed by atoms with Crippen molar-refractivity contribution in [2.24, 2.45) is 0 Å². The quantitative estimate of drug-likeness (QED) is 0.219. The minimum atomic E-state index is -4.24. The van der Waals surface area contributed by atoms with E-state index in [1.54, 1.807) is 18.2 Å². The van der Waals surface area contributed by atoms with Gasteiger partial charge in [0.15, 0.2) is 0 Å². The van der Waals surface area contributed by atoms with E-state index in [0.717, 1.165) is 15.4 Å². The lowest BCUT2D eigenvalue weighted by Crippen LogP contribution is -2.53. The molecule has 4 aromatic rings. The maximum absolute atomic E-state index is 14.3. The number of sulfonamides is 1. The molecule has 43 heavy (non-hydrogen) atoms. The van der Waals surface area contributed by atoms with Crippen molar-refractivity contribution in [3.8, 4) is 5.75 Å². The van der Waals surface area contributed by atoms with Crippen LogP contribution in [0.4, 0.5) is 5.69 Å². The number of nitrogens with one attached hydrogen (secondary N) is 1. The summed E-state index contributed by atoms with van der Waals surface area (Å²) in [7, 11) is -2.75. The van der Waals surface area contributed by atoms with Gasteiger partial charge in [-0.05, 0) is 60.5 Å². The fourth-order valence-corrected chi connectivity index (χ4v) is 6.25. The third kappa shape index (κ3) is 8.15. The highest BCUT2D eigenvalue weighted by molar-refractivity contribution is 7.92. The van der Waals surface area contributed by atoms with Crippen LogP contribution in [0.5, 0.6) is 5.75 Å². The molecule has 0 unspecified atom stereocenters. The normalized spacial score (nSPS) is 11.8. The first kappa shape index (κ1) is 31.6. The van der Waals surface area contributed by atoms with Crippen LogP contribution in [0, 0.1) is 0 Å². The number of methoxy groups -OCH3 is 1. The maximum atomic E-state index is 14.3. The Kier molecular flexibility index (Phi) is 10.8. The van der Waals surface area contributed by atoms with E-state index in [1.165, 1.54) is 42.3 Å². The van der Waals surface area contributed by atoms with Gasteiger partial charge in [0.1, 0.15) is 18.3 Å². The molecule has 4 rings (SSSR count). The molecule has 1 N–H and O–H groups in total. The van der Waals surface area contributed by atoms with Crippen LogP contribution in [0.25, 0.3) is 0 Å². The van der Waals surface area contributed by atoms with E-state index in [0.29, 0.717) is 17.3 Å². The van der Waals surface area contributed by atoms with Crippen molar-refractivity contribution in [3.63, 3.8) is 0 Å². The summed E-state index contributed by atoms with van der Waals surface area (Å²) < 4.78 is 34.3. The molecule has 0 spiro atoms. The molecule has 10 heteroatoms. The van der Waals surface area contributed by atoms with Crippen molar-refractivity contribution in [2.45, 2.75) is 30.8 Å². The van der Waals surface area contributed by atoms with Crippen molar-refractivity contribution < 1.29 is 22.7 Å². The van der Waals surface area contributed by atoms with Crippen LogP contribution >= 0.6 is 11.6 Å². The lowest BCUT2D eigenvalue weighted by molar-refractivity contribution is -0.140. The molecule has 0 bridgehead atoms. The third-order valence-electron chi connectivity index (χ3n) is 6.84. The molecule has 1 atom stereocenters. The third-order valence-corrected chi connectivity index (χ3v) is 8.86. The number of anilines is 1. The first-order valence-electron chi connectivity index (χ1n) is 13.8. The zero-order chi connectivity index (χ0) is 30.8. The van der Waals surface area contributed by atoms with E-state index in [9.17, 15) is 18.0 Å². The Morgan fingerprint density at radius 1 is 0.860 bits per heavy atom. The predicted octanol–water partition coefficient (Wildman–Crippen LogP) is 5.32. The van der Waals surface area contributed by atoms with Crippen molar-refractivity contribution in [1.29, 1.82) is 0 Å². The van der Waals surface area contributed by atoms with Gasteiger partial charge < -0.3 is 15.0 Å². The van der Waals surface area contributed by atoms with Crippen molar-refractivity contribution in [3.05, 3.63) is 125 Å². The van der Waals surface area contributed by atoms with E-state index in [-0.39, 0.29) is 29.5 Å². The van der Waals surface area contributed by atoms with Gasteiger partial charge in [-0.15, -0.1) is 0 Å². The second kappa shape index (κ2) is 14.7. The number of halogens is 1. The van der Waals surface area contributed by atoms with Crippen LogP contribution in [-0.4, -0.2) is 51.4 Å². The van der Waals surface area contributed by atoms with Crippen LogP contribution in [0.3, 0.4) is 0 Å². The van der Waals surface area contributed by atoms with Gasteiger partial charge in [-0.2, -0.15) is 0 Å². The van der Waals surface area contributed by atoms with E-state index in [2.05, 4.69) is 5.32 Å². The summed E-state index contributed by atoms with van der Waals surface area (Å²) in [5, 5.41) is 3.16. The number of rotatable bonds is 13. The summed E-state index contributed by atoms with van der Waals surface area (Å²) >= 11 is 6.26. The largest absolute Gasteiger partial charge is 0.497 e. The van der Waals surface area contributed by atoms with Crippen molar-refractivity contribution in [1.82, 2.24) is 10.2 Å². The molecule has 0 saturated carbocycles. The molecule has 2 amide bonds. The summed E-state index contributed by atoms with van der Waals surface area (Å²) in [4.78, 5) is 29.2. The Morgan fingerprint density at radius 2 is 1.49 bits per heavy atom. The molecule has 0 aliphatic heterocycles. The van der Waals surface area contributed by atoms with Gasteiger partial charge in [0.2, 0.25) is 11.8 Å². The highest BCUT2D eigenvalue weighted by atomic mass is 35.5. The van der Waals surface area contributed by atoms with Gasteiger partial charge >= 0.3 is 0 Å². The zero-order valence-corrected chi connectivity index (χ0v) is 25.6. The molecule has 0 aliphatic rings. The lowest BCUT2D eigenvalue weighted by Gasteiger charge is -2.33. The number of likely N-dealkylation sites (N-methyl/N-ethyl adjacent to an activating group) is 1. The van der Waals surface area contributed by atoms with E-state index in [4.69, 9.17) is 16.3 Å². The monoisotopic (exact) mass is 619 g/mol. The number of ether oxygens (including phenoxy) is 1. The van der Waals surface area contributed by atoms with Gasteiger partial charge in [-0.3, -0.25) is 13.9 Å². The standard InChI is InChI=1S/C33H34ClN3O5S/c1-3-35-33(39)31(21-25-11-6-4-7-12-25)36(23-26-13-8-5-9-14-26)32(38)24-37(28-16-10-15-27(34)22-28)43(40,41)30-19-17-29(42-2)18-20-30/h4-20,22,31H,3,21,23-24H2,1-2H3,(H,35,39)/t31-/m1/s1. The topological polar surface area (TPSA) is 96.0 Å². The van der Waals surface area contributed by atoms with Crippen molar-refractivity contribution in [2.75, 3.05) is 24.5 Å². The molecule has 8 nitrogen and oxygen atoms in total. The molecular weight excluding hydrogens is 586 g/mol. The Bertz CT molecular complexity index is 1620. The Hall–Kier alpha value is -4.34. The molecule has 4 aromatic carbocycles. The predicted molar refractivity (Wildman–Crippen MR) is 169 cm³/mol. The molecular formula is C33H34ClN3O5S. The van der Waals surface area contributed by atoms with Crippen LogP contribution in [0.1, 0.15) is 18.1 Å².